The molecule has 0 fully saturated rings. The van der Waals surface area contributed by atoms with Gasteiger partial charge in [-0.1, -0.05) is 20.8 Å². The average Bonchev–Trinajstić information content (AvgIpc) is 2.24. The van der Waals surface area contributed by atoms with Gasteiger partial charge in [-0.2, -0.15) is 0 Å². The van der Waals surface area contributed by atoms with Crippen molar-refractivity contribution in [2.24, 2.45) is 5.92 Å². The first-order valence-corrected chi connectivity index (χ1v) is 6.54. The Morgan fingerprint density at radius 3 is 2.24 bits per heavy atom. The highest BCUT2D eigenvalue weighted by Gasteiger charge is 2.16. The van der Waals surface area contributed by atoms with Crippen LogP contribution in [0.1, 0.15) is 34.1 Å². The summed E-state index contributed by atoms with van der Waals surface area (Å²) in [5, 5.41) is 6.29. The molecule has 0 aromatic rings. The first kappa shape index (κ1) is 16.4. The molecule has 0 radical (unpaired) electrons. The van der Waals surface area contributed by atoms with E-state index in [0.29, 0.717) is 18.5 Å². The van der Waals surface area contributed by atoms with Crippen molar-refractivity contribution in [1.82, 2.24) is 15.5 Å². The molecular weight excluding hydrogens is 214 g/mol. The van der Waals surface area contributed by atoms with E-state index < -0.39 is 0 Å². The predicted octanol–water partition coefficient (Wildman–Crippen LogP) is 1.08. The van der Waals surface area contributed by atoms with Crippen LogP contribution in [-0.4, -0.2) is 50.1 Å². The molecule has 4 heteroatoms. The van der Waals surface area contributed by atoms with Crippen molar-refractivity contribution in [2.75, 3.05) is 27.2 Å². The van der Waals surface area contributed by atoms with Crippen molar-refractivity contribution in [3.05, 3.63) is 0 Å². The van der Waals surface area contributed by atoms with E-state index in [1.165, 1.54) is 0 Å². The maximum atomic E-state index is 11.8. The fraction of sp³-hybridized carbons (Fsp3) is 0.923. The molecule has 0 aromatic heterocycles. The van der Waals surface area contributed by atoms with Gasteiger partial charge in [0.15, 0.2) is 0 Å². The Balaban J connectivity index is 4.04. The Morgan fingerprint density at radius 2 is 1.82 bits per heavy atom. The fourth-order valence-corrected chi connectivity index (χ4v) is 1.49. The quantitative estimate of drug-likeness (QED) is 0.670. The minimum Gasteiger partial charge on any atom is -0.351 e. The van der Waals surface area contributed by atoms with Gasteiger partial charge >= 0.3 is 0 Å². The summed E-state index contributed by atoms with van der Waals surface area (Å²) in [5.74, 6) is 0.538. The number of rotatable bonds is 8. The lowest BCUT2D eigenvalue weighted by atomic mass is 10.0. The van der Waals surface area contributed by atoms with Crippen LogP contribution in [0.15, 0.2) is 0 Å². The molecule has 0 aromatic carbocycles. The third kappa shape index (κ3) is 8.16. The molecule has 0 spiro atoms. The number of carbonyl (C=O) groups is 1. The summed E-state index contributed by atoms with van der Waals surface area (Å²) in [6, 6.07) is 0.614. The highest BCUT2D eigenvalue weighted by atomic mass is 16.2. The minimum absolute atomic E-state index is 0.0887. The molecule has 0 saturated carbocycles. The van der Waals surface area contributed by atoms with Crippen LogP contribution in [-0.2, 0) is 4.79 Å². The van der Waals surface area contributed by atoms with Crippen molar-refractivity contribution in [3.8, 4) is 0 Å². The molecule has 0 aliphatic carbocycles. The number of nitrogens with one attached hydrogen (secondary N) is 2. The smallest absolute Gasteiger partial charge is 0.234 e. The van der Waals surface area contributed by atoms with E-state index in [1.807, 2.05) is 14.1 Å². The standard InChI is InChI=1S/C13H29N3O/c1-7-11(4)14-8-13(17)15-12(10(2)3)9-16(5)6/h10-12,14H,7-9H2,1-6H3,(H,15,17). The van der Waals surface area contributed by atoms with Crippen molar-refractivity contribution < 1.29 is 4.79 Å². The van der Waals surface area contributed by atoms with Gasteiger partial charge in [0.25, 0.3) is 0 Å². The minimum atomic E-state index is 0.0887. The SMILES string of the molecule is CCC(C)NCC(=O)NC(CN(C)C)C(C)C. The van der Waals surface area contributed by atoms with Crippen molar-refractivity contribution in [3.63, 3.8) is 0 Å². The van der Waals surface area contributed by atoms with Crippen LogP contribution in [0.5, 0.6) is 0 Å². The molecule has 0 saturated heterocycles. The highest BCUT2D eigenvalue weighted by Crippen LogP contribution is 2.02. The number of likely N-dealkylation sites (N-methyl/N-ethyl adjacent to an activating group) is 1. The molecule has 1 amide bonds. The van der Waals surface area contributed by atoms with E-state index in [9.17, 15) is 4.79 Å². The normalized spacial score (nSPS) is 15.1. The second kappa shape index (κ2) is 8.48. The van der Waals surface area contributed by atoms with Crippen LogP contribution in [0, 0.1) is 5.92 Å². The number of hydrogen-bond acceptors (Lipinski definition) is 3. The summed E-state index contributed by atoms with van der Waals surface area (Å²) < 4.78 is 0. The Bertz CT molecular complexity index is 217. The molecule has 0 aliphatic heterocycles. The molecule has 0 heterocycles. The largest absolute Gasteiger partial charge is 0.351 e. The molecule has 0 aliphatic rings. The van der Waals surface area contributed by atoms with Crippen LogP contribution in [0.2, 0.25) is 0 Å². The summed E-state index contributed by atoms with van der Waals surface area (Å²) >= 11 is 0. The van der Waals surface area contributed by atoms with Gasteiger partial charge in [-0.15, -0.1) is 0 Å². The maximum Gasteiger partial charge on any atom is 0.234 e. The lowest BCUT2D eigenvalue weighted by Gasteiger charge is -2.26. The Morgan fingerprint density at radius 1 is 1.24 bits per heavy atom. The second-order valence-corrected chi connectivity index (χ2v) is 5.37. The monoisotopic (exact) mass is 243 g/mol. The van der Waals surface area contributed by atoms with Gasteiger partial charge in [0, 0.05) is 18.6 Å². The third-order valence-electron chi connectivity index (χ3n) is 2.94. The van der Waals surface area contributed by atoms with E-state index in [-0.39, 0.29) is 11.9 Å². The first-order valence-electron chi connectivity index (χ1n) is 6.54. The first-order chi connectivity index (χ1) is 7.86. The zero-order valence-electron chi connectivity index (χ0n) is 12.2. The highest BCUT2D eigenvalue weighted by molar-refractivity contribution is 5.78. The van der Waals surface area contributed by atoms with Gasteiger partial charge < -0.3 is 15.5 Å². The van der Waals surface area contributed by atoms with E-state index in [2.05, 4.69) is 43.2 Å². The van der Waals surface area contributed by atoms with Crippen LogP contribution < -0.4 is 10.6 Å². The number of carbonyl (C=O) groups excluding carboxylic acids is 1. The van der Waals surface area contributed by atoms with Gasteiger partial charge in [-0.25, -0.2) is 0 Å². The molecule has 102 valence electrons. The Hall–Kier alpha value is -0.610. The van der Waals surface area contributed by atoms with Crippen molar-refractivity contribution in [2.45, 2.75) is 46.2 Å². The Kier molecular flexibility index (Phi) is 8.17. The number of hydrogen-bond donors (Lipinski definition) is 2. The lowest BCUT2D eigenvalue weighted by Crippen LogP contribution is -2.48. The van der Waals surface area contributed by atoms with Gasteiger partial charge in [0.2, 0.25) is 5.91 Å². The van der Waals surface area contributed by atoms with Gasteiger partial charge in [0.1, 0.15) is 0 Å². The fourth-order valence-electron chi connectivity index (χ4n) is 1.49. The second-order valence-electron chi connectivity index (χ2n) is 5.37. The number of amides is 1. The molecule has 2 N–H and O–H groups in total. The average molecular weight is 243 g/mol. The van der Waals surface area contributed by atoms with E-state index in [1.54, 1.807) is 0 Å². The lowest BCUT2D eigenvalue weighted by molar-refractivity contribution is -0.121. The summed E-state index contributed by atoms with van der Waals surface area (Å²) in [4.78, 5) is 13.9. The summed E-state index contributed by atoms with van der Waals surface area (Å²) in [7, 11) is 4.05. The molecule has 4 nitrogen and oxygen atoms in total. The topological polar surface area (TPSA) is 44.4 Å². The molecule has 0 bridgehead atoms. The zero-order valence-corrected chi connectivity index (χ0v) is 12.2. The van der Waals surface area contributed by atoms with Gasteiger partial charge in [-0.3, -0.25) is 4.79 Å². The molecular formula is C13H29N3O. The predicted molar refractivity (Wildman–Crippen MR) is 73.1 cm³/mol. The maximum absolute atomic E-state index is 11.8. The van der Waals surface area contributed by atoms with Gasteiger partial charge in [0.05, 0.1) is 6.54 Å². The summed E-state index contributed by atoms with van der Waals surface area (Å²) in [5.41, 5.74) is 0. The number of nitrogens with zero attached hydrogens (tertiary/aromatic N) is 1. The summed E-state index contributed by atoms with van der Waals surface area (Å²) in [6.45, 7) is 9.76. The van der Waals surface area contributed by atoms with Crippen molar-refractivity contribution in [1.29, 1.82) is 0 Å². The van der Waals surface area contributed by atoms with Crippen LogP contribution >= 0.6 is 0 Å². The molecule has 2 unspecified atom stereocenters. The van der Waals surface area contributed by atoms with Crippen LogP contribution in [0.25, 0.3) is 0 Å². The summed E-state index contributed by atoms with van der Waals surface area (Å²) in [6.07, 6.45) is 1.04. The van der Waals surface area contributed by atoms with Crippen LogP contribution in [0.4, 0.5) is 0 Å². The van der Waals surface area contributed by atoms with Crippen LogP contribution in [0.3, 0.4) is 0 Å². The molecule has 2 atom stereocenters. The van der Waals surface area contributed by atoms with E-state index >= 15 is 0 Å². The van der Waals surface area contributed by atoms with E-state index in [4.69, 9.17) is 0 Å². The van der Waals surface area contributed by atoms with Crippen molar-refractivity contribution >= 4 is 5.91 Å². The molecule has 0 rings (SSSR count). The van der Waals surface area contributed by atoms with E-state index in [0.717, 1.165) is 13.0 Å². The Labute approximate surface area is 106 Å². The van der Waals surface area contributed by atoms with Gasteiger partial charge in [-0.05, 0) is 33.4 Å². The third-order valence-corrected chi connectivity index (χ3v) is 2.94. The molecule has 17 heavy (non-hydrogen) atoms. The zero-order chi connectivity index (χ0) is 13.4.